The van der Waals surface area contributed by atoms with Gasteiger partial charge in [-0.25, -0.2) is 0 Å². The maximum absolute atomic E-state index is 13.3. The second kappa shape index (κ2) is 6.83. The standard InChI is InChI=1S/C19H25F3N2O2/c1-17(26,19(20,21)22)14-6-11-24(12-7-14)16(25)18(8-2-3-9-18)15-5-4-10-23-13-15/h4-5,10,13-14,26H,2-3,6-9,11-12H2,1H3. The van der Waals surface area contributed by atoms with Crippen molar-refractivity contribution in [3.63, 3.8) is 0 Å². The number of hydrogen-bond donors (Lipinski definition) is 1. The monoisotopic (exact) mass is 370 g/mol. The highest BCUT2D eigenvalue weighted by Crippen LogP contribution is 2.44. The van der Waals surface area contributed by atoms with Crippen molar-refractivity contribution in [2.75, 3.05) is 13.1 Å². The molecule has 0 aromatic carbocycles. The normalized spacial score (nSPS) is 23.7. The van der Waals surface area contributed by atoms with E-state index in [1.54, 1.807) is 17.3 Å². The summed E-state index contributed by atoms with van der Waals surface area (Å²) in [5.41, 5.74) is -2.42. The lowest BCUT2D eigenvalue weighted by Gasteiger charge is -2.42. The van der Waals surface area contributed by atoms with Gasteiger partial charge in [0.1, 0.15) is 0 Å². The Kier molecular flexibility index (Phi) is 5.03. The molecule has 26 heavy (non-hydrogen) atoms. The van der Waals surface area contributed by atoms with Crippen molar-refractivity contribution in [3.8, 4) is 0 Å². The Bertz CT molecular complexity index is 632. The number of pyridine rings is 1. The zero-order valence-corrected chi connectivity index (χ0v) is 14.9. The van der Waals surface area contributed by atoms with Crippen molar-refractivity contribution in [1.29, 1.82) is 0 Å². The molecule has 1 aromatic rings. The first-order chi connectivity index (χ1) is 12.2. The van der Waals surface area contributed by atoms with Gasteiger partial charge in [0.25, 0.3) is 0 Å². The number of rotatable bonds is 3. The van der Waals surface area contributed by atoms with Crippen LogP contribution >= 0.6 is 0 Å². The molecule has 144 valence electrons. The van der Waals surface area contributed by atoms with Crippen LogP contribution < -0.4 is 0 Å². The molecule has 1 saturated carbocycles. The minimum Gasteiger partial charge on any atom is -0.380 e. The van der Waals surface area contributed by atoms with E-state index in [-0.39, 0.29) is 31.8 Å². The number of amides is 1. The fourth-order valence-electron chi connectivity index (χ4n) is 4.43. The fraction of sp³-hybridized carbons (Fsp3) is 0.684. The lowest BCUT2D eigenvalue weighted by molar-refractivity contribution is -0.275. The molecule has 1 unspecified atom stereocenters. The van der Waals surface area contributed by atoms with Crippen LogP contribution in [0.15, 0.2) is 24.5 Å². The number of aliphatic hydroxyl groups is 1. The van der Waals surface area contributed by atoms with Gasteiger partial charge < -0.3 is 10.0 Å². The molecule has 1 aromatic heterocycles. The SMILES string of the molecule is CC(O)(C1CCN(C(=O)C2(c3cccnc3)CCCC2)CC1)C(F)(F)F. The Hall–Kier alpha value is -1.63. The van der Waals surface area contributed by atoms with E-state index in [4.69, 9.17) is 0 Å². The van der Waals surface area contributed by atoms with Gasteiger partial charge in [0, 0.05) is 25.5 Å². The van der Waals surface area contributed by atoms with Crippen LogP contribution in [0.5, 0.6) is 0 Å². The number of piperidine rings is 1. The number of alkyl halides is 3. The molecule has 7 heteroatoms. The zero-order chi connectivity index (χ0) is 19.0. The minimum absolute atomic E-state index is 0.00639. The van der Waals surface area contributed by atoms with Gasteiger partial charge in [-0.1, -0.05) is 18.9 Å². The first kappa shape index (κ1) is 19.1. The summed E-state index contributed by atoms with van der Waals surface area (Å²) in [7, 11) is 0. The maximum Gasteiger partial charge on any atom is 0.417 e. The molecule has 1 saturated heterocycles. The number of halogens is 3. The molecule has 4 nitrogen and oxygen atoms in total. The number of nitrogens with zero attached hydrogens (tertiary/aromatic N) is 2. The number of aromatic nitrogens is 1. The Balaban J connectivity index is 1.74. The molecule has 2 heterocycles. The highest BCUT2D eigenvalue weighted by Gasteiger charge is 2.55. The van der Waals surface area contributed by atoms with Crippen molar-refractivity contribution >= 4 is 5.91 Å². The molecule has 1 aliphatic heterocycles. The second-order valence-electron chi connectivity index (χ2n) is 7.74. The van der Waals surface area contributed by atoms with Crippen molar-refractivity contribution in [2.45, 2.75) is 62.6 Å². The van der Waals surface area contributed by atoms with Gasteiger partial charge in [-0.2, -0.15) is 13.2 Å². The van der Waals surface area contributed by atoms with Gasteiger partial charge in [-0.3, -0.25) is 9.78 Å². The van der Waals surface area contributed by atoms with Crippen LogP contribution in [0.1, 0.15) is 51.0 Å². The van der Waals surface area contributed by atoms with Gasteiger partial charge in [0.05, 0.1) is 5.41 Å². The summed E-state index contributed by atoms with van der Waals surface area (Å²) < 4.78 is 39.2. The van der Waals surface area contributed by atoms with Crippen LogP contribution in [-0.2, 0) is 10.2 Å². The second-order valence-corrected chi connectivity index (χ2v) is 7.74. The van der Waals surface area contributed by atoms with Crippen molar-refractivity contribution < 1.29 is 23.1 Å². The van der Waals surface area contributed by atoms with Crippen LogP contribution in [0.2, 0.25) is 0 Å². The summed E-state index contributed by atoms with van der Waals surface area (Å²) in [6.07, 6.45) is 2.45. The molecule has 0 spiro atoms. The summed E-state index contributed by atoms with van der Waals surface area (Å²) in [6, 6.07) is 3.73. The van der Waals surface area contributed by atoms with Crippen LogP contribution in [-0.4, -0.2) is 45.8 Å². The average molecular weight is 370 g/mol. The number of likely N-dealkylation sites (tertiary alicyclic amines) is 1. The van der Waals surface area contributed by atoms with E-state index < -0.39 is 23.1 Å². The molecule has 3 rings (SSSR count). The van der Waals surface area contributed by atoms with Gasteiger partial charge in [-0.05, 0) is 50.2 Å². The maximum atomic E-state index is 13.3. The van der Waals surface area contributed by atoms with Crippen LogP contribution in [0, 0.1) is 5.92 Å². The summed E-state index contributed by atoms with van der Waals surface area (Å²) in [5.74, 6) is -0.891. The third-order valence-corrected chi connectivity index (χ3v) is 6.23. The van der Waals surface area contributed by atoms with E-state index >= 15 is 0 Å². The molecule has 2 aliphatic rings. The zero-order valence-electron chi connectivity index (χ0n) is 14.9. The van der Waals surface area contributed by atoms with Gasteiger partial charge in [0.15, 0.2) is 5.60 Å². The fourth-order valence-corrected chi connectivity index (χ4v) is 4.43. The van der Waals surface area contributed by atoms with Crippen LogP contribution in [0.4, 0.5) is 13.2 Å². The van der Waals surface area contributed by atoms with Crippen molar-refractivity contribution in [3.05, 3.63) is 30.1 Å². The molecule has 0 bridgehead atoms. The lowest BCUT2D eigenvalue weighted by atomic mass is 9.76. The van der Waals surface area contributed by atoms with E-state index in [1.165, 1.54) is 0 Å². The Morgan fingerprint density at radius 2 is 1.88 bits per heavy atom. The third kappa shape index (κ3) is 3.21. The third-order valence-electron chi connectivity index (χ3n) is 6.23. The average Bonchev–Trinajstić information content (AvgIpc) is 3.12. The smallest absolute Gasteiger partial charge is 0.380 e. The van der Waals surface area contributed by atoms with E-state index in [0.717, 1.165) is 38.2 Å². The van der Waals surface area contributed by atoms with Gasteiger partial charge in [0.2, 0.25) is 5.91 Å². The van der Waals surface area contributed by atoms with E-state index in [9.17, 15) is 23.1 Å². The van der Waals surface area contributed by atoms with Crippen LogP contribution in [0.3, 0.4) is 0 Å². The molecule has 1 atom stereocenters. The minimum atomic E-state index is -4.66. The number of carbonyl (C=O) groups is 1. The van der Waals surface area contributed by atoms with E-state index in [0.29, 0.717) is 0 Å². The summed E-state index contributed by atoms with van der Waals surface area (Å²) in [5, 5.41) is 9.90. The predicted octanol–water partition coefficient (Wildman–Crippen LogP) is 3.45. The quantitative estimate of drug-likeness (QED) is 0.887. The van der Waals surface area contributed by atoms with E-state index in [1.807, 2.05) is 12.1 Å². The molecule has 1 aliphatic carbocycles. The predicted molar refractivity (Wildman–Crippen MR) is 90.4 cm³/mol. The Morgan fingerprint density at radius 1 is 1.27 bits per heavy atom. The van der Waals surface area contributed by atoms with Gasteiger partial charge >= 0.3 is 6.18 Å². The largest absolute Gasteiger partial charge is 0.417 e. The highest BCUT2D eigenvalue weighted by molar-refractivity contribution is 5.88. The van der Waals surface area contributed by atoms with Crippen LogP contribution in [0.25, 0.3) is 0 Å². The summed E-state index contributed by atoms with van der Waals surface area (Å²) in [6.45, 7) is 1.33. The molecule has 2 fully saturated rings. The van der Waals surface area contributed by atoms with Crippen molar-refractivity contribution in [1.82, 2.24) is 9.88 Å². The highest BCUT2D eigenvalue weighted by atomic mass is 19.4. The summed E-state index contributed by atoms with van der Waals surface area (Å²) in [4.78, 5) is 19.1. The molecular formula is C19H25F3N2O2. The molecule has 1 N–H and O–H groups in total. The first-order valence-corrected chi connectivity index (χ1v) is 9.17. The van der Waals surface area contributed by atoms with Gasteiger partial charge in [-0.15, -0.1) is 0 Å². The number of carbonyl (C=O) groups excluding carboxylic acids is 1. The topological polar surface area (TPSA) is 53.4 Å². The Morgan fingerprint density at radius 3 is 2.38 bits per heavy atom. The number of hydrogen-bond acceptors (Lipinski definition) is 3. The summed E-state index contributed by atoms with van der Waals surface area (Å²) >= 11 is 0. The van der Waals surface area contributed by atoms with Crippen molar-refractivity contribution in [2.24, 2.45) is 5.92 Å². The Labute approximate surface area is 151 Å². The lowest BCUT2D eigenvalue weighted by Crippen LogP contribution is -2.55. The molecular weight excluding hydrogens is 345 g/mol. The molecule has 1 amide bonds. The molecule has 0 radical (unpaired) electrons. The van der Waals surface area contributed by atoms with E-state index in [2.05, 4.69) is 4.98 Å². The first-order valence-electron chi connectivity index (χ1n) is 9.17.